The molecule has 0 spiro atoms. The van der Waals surface area contributed by atoms with Crippen LogP contribution in [0, 0.1) is 17.0 Å². The van der Waals surface area contributed by atoms with Gasteiger partial charge in [0.15, 0.2) is 4.90 Å². The average molecular weight is 364 g/mol. The zero-order chi connectivity index (χ0) is 18.8. The first-order valence-corrected chi connectivity index (χ1v) is 8.55. The van der Waals surface area contributed by atoms with Crippen LogP contribution in [0.15, 0.2) is 47.4 Å². The molecular weight excluding hydrogens is 348 g/mol. The van der Waals surface area contributed by atoms with Crippen LogP contribution in [0.1, 0.15) is 15.9 Å². The molecule has 0 bridgehead atoms. The van der Waals surface area contributed by atoms with Crippen molar-refractivity contribution in [1.29, 1.82) is 0 Å². The first kappa shape index (κ1) is 18.4. The molecule has 0 heterocycles. The summed E-state index contributed by atoms with van der Waals surface area (Å²) in [4.78, 5) is 21.6. The van der Waals surface area contributed by atoms with Gasteiger partial charge in [-0.25, -0.2) is 13.2 Å². The van der Waals surface area contributed by atoms with Crippen LogP contribution in [0.5, 0.6) is 0 Å². The Bertz CT molecular complexity index is 939. The number of nitro benzene ring substituents is 1. The highest BCUT2D eigenvalue weighted by molar-refractivity contribution is 7.93. The Balaban J connectivity index is 2.59. The third kappa shape index (κ3) is 3.45. The van der Waals surface area contributed by atoms with Crippen LogP contribution in [0.2, 0.25) is 0 Å². The molecule has 0 aliphatic heterocycles. The number of anilines is 1. The standard InChI is InChI=1S/C16H16N2O6S/c1-11-8-9-12(16(19)24-3)10-14(11)17(2)25(22,23)15-7-5-4-6-13(15)18(20)21/h4-10H,1-3H3. The number of hydrogen-bond acceptors (Lipinski definition) is 6. The van der Waals surface area contributed by atoms with Gasteiger partial charge in [-0.2, -0.15) is 0 Å². The second-order valence-electron chi connectivity index (χ2n) is 5.19. The third-order valence-corrected chi connectivity index (χ3v) is 5.49. The molecule has 132 valence electrons. The van der Waals surface area contributed by atoms with Crippen molar-refractivity contribution in [2.45, 2.75) is 11.8 Å². The summed E-state index contributed by atoms with van der Waals surface area (Å²) in [6, 6.07) is 9.55. The van der Waals surface area contributed by atoms with Crippen molar-refractivity contribution >= 4 is 27.4 Å². The van der Waals surface area contributed by atoms with E-state index in [9.17, 15) is 23.3 Å². The molecule has 0 amide bonds. The van der Waals surface area contributed by atoms with Gasteiger partial charge in [0.1, 0.15) is 0 Å². The summed E-state index contributed by atoms with van der Waals surface area (Å²) in [6.45, 7) is 1.67. The number of carbonyl (C=O) groups is 1. The van der Waals surface area contributed by atoms with Crippen molar-refractivity contribution in [3.63, 3.8) is 0 Å². The maximum atomic E-state index is 12.9. The summed E-state index contributed by atoms with van der Waals surface area (Å²) in [5.74, 6) is -0.613. The van der Waals surface area contributed by atoms with Crippen molar-refractivity contribution in [3.8, 4) is 0 Å². The Kier molecular flexibility index (Phi) is 5.07. The number of nitro groups is 1. The van der Waals surface area contributed by atoms with Gasteiger partial charge in [0, 0.05) is 13.1 Å². The van der Waals surface area contributed by atoms with E-state index in [1.165, 1.54) is 44.5 Å². The molecule has 2 aromatic carbocycles. The lowest BCUT2D eigenvalue weighted by molar-refractivity contribution is -0.387. The van der Waals surface area contributed by atoms with Gasteiger partial charge in [-0.1, -0.05) is 18.2 Å². The van der Waals surface area contributed by atoms with Gasteiger partial charge in [-0.3, -0.25) is 14.4 Å². The Hall–Kier alpha value is -2.94. The Morgan fingerprint density at radius 2 is 1.84 bits per heavy atom. The molecule has 0 aliphatic carbocycles. The Morgan fingerprint density at radius 3 is 2.44 bits per heavy atom. The minimum atomic E-state index is -4.20. The summed E-state index contributed by atoms with van der Waals surface area (Å²) in [7, 11) is -1.71. The second kappa shape index (κ2) is 6.89. The van der Waals surface area contributed by atoms with Crippen molar-refractivity contribution in [3.05, 3.63) is 63.7 Å². The van der Waals surface area contributed by atoms with Crippen molar-refractivity contribution in [1.82, 2.24) is 0 Å². The fourth-order valence-corrected chi connectivity index (χ4v) is 3.70. The minimum absolute atomic E-state index is 0.174. The van der Waals surface area contributed by atoms with Gasteiger partial charge < -0.3 is 4.74 Å². The topological polar surface area (TPSA) is 107 Å². The summed E-state index contributed by atoms with van der Waals surface area (Å²) >= 11 is 0. The number of ether oxygens (including phenoxy) is 1. The van der Waals surface area contributed by atoms with Crippen molar-refractivity contribution in [2.75, 3.05) is 18.5 Å². The van der Waals surface area contributed by atoms with E-state index in [-0.39, 0.29) is 11.3 Å². The van der Waals surface area contributed by atoms with Crippen LogP contribution >= 0.6 is 0 Å². The molecule has 0 radical (unpaired) electrons. The molecule has 0 saturated carbocycles. The molecule has 2 rings (SSSR count). The highest BCUT2D eigenvalue weighted by atomic mass is 32.2. The number of para-hydroxylation sites is 1. The lowest BCUT2D eigenvalue weighted by Crippen LogP contribution is -2.28. The van der Waals surface area contributed by atoms with Crippen LogP contribution in [-0.4, -0.2) is 33.5 Å². The second-order valence-corrected chi connectivity index (χ2v) is 7.13. The van der Waals surface area contributed by atoms with Gasteiger partial charge in [0.25, 0.3) is 15.7 Å². The first-order valence-electron chi connectivity index (χ1n) is 7.11. The molecule has 2 aromatic rings. The predicted molar refractivity (Wildman–Crippen MR) is 91.2 cm³/mol. The Labute approximate surface area is 144 Å². The summed E-state index contributed by atoms with van der Waals surface area (Å²) in [6.07, 6.45) is 0. The summed E-state index contributed by atoms with van der Waals surface area (Å²) in [5, 5.41) is 11.1. The number of methoxy groups -OCH3 is 1. The molecule has 0 N–H and O–H groups in total. The predicted octanol–water partition coefficient (Wildman–Crippen LogP) is 2.51. The summed E-state index contributed by atoms with van der Waals surface area (Å²) < 4.78 is 31.3. The zero-order valence-electron chi connectivity index (χ0n) is 13.8. The van der Waals surface area contributed by atoms with E-state index in [4.69, 9.17) is 0 Å². The zero-order valence-corrected chi connectivity index (χ0v) is 14.6. The van der Waals surface area contributed by atoms with E-state index in [2.05, 4.69) is 4.74 Å². The van der Waals surface area contributed by atoms with Crippen molar-refractivity contribution in [2.24, 2.45) is 0 Å². The maximum absolute atomic E-state index is 12.9. The van der Waals surface area contributed by atoms with Crippen LogP contribution in [0.4, 0.5) is 11.4 Å². The molecule has 8 nitrogen and oxygen atoms in total. The summed E-state index contributed by atoms with van der Waals surface area (Å²) in [5.41, 5.74) is 0.460. The van der Waals surface area contributed by atoms with Gasteiger partial charge in [-0.05, 0) is 30.7 Å². The molecule has 0 fully saturated rings. The van der Waals surface area contributed by atoms with E-state index in [0.29, 0.717) is 5.56 Å². The lowest BCUT2D eigenvalue weighted by atomic mass is 10.1. The van der Waals surface area contributed by atoms with Crippen molar-refractivity contribution < 1.29 is 22.9 Å². The number of carbonyl (C=O) groups excluding carboxylic acids is 1. The van der Waals surface area contributed by atoms with Crippen LogP contribution in [0.25, 0.3) is 0 Å². The molecule has 0 aromatic heterocycles. The van der Waals surface area contributed by atoms with Gasteiger partial charge >= 0.3 is 5.97 Å². The molecule has 9 heteroatoms. The fraction of sp³-hybridized carbons (Fsp3) is 0.188. The molecule has 0 saturated heterocycles. The molecular formula is C16H16N2O6S. The number of sulfonamides is 1. The van der Waals surface area contributed by atoms with Crippen LogP contribution < -0.4 is 4.31 Å². The van der Waals surface area contributed by atoms with E-state index in [1.54, 1.807) is 13.0 Å². The van der Waals surface area contributed by atoms with E-state index < -0.39 is 31.5 Å². The average Bonchev–Trinajstić information content (AvgIpc) is 2.60. The minimum Gasteiger partial charge on any atom is -0.465 e. The highest BCUT2D eigenvalue weighted by Crippen LogP contribution is 2.30. The highest BCUT2D eigenvalue weighted by Gasteiger charge is 2.30. The molecule has 25 heavy (non-hydrogen) atoms. The third-order valence-electron chi connectivity index (χ3n) is 3.67. The number of rotatable bonds is 5. The number of esters is 1. The lowest BCUT2D eigenvalue weighted by Gasteiger charge is -2.21. The molecule has 0 aliphatic rings. The SMILES string of the molecule is COC(=O)c1ccc(C)c(N(C)S(=O)(=O)c2ccccc2[N+](=O)[O-])c1. The van der Waals surface area contributed by atoms with Crippen LogP contribution in [-0.2, 0) is 14.8 Å². The normalized spacial score (nSPS) is 11.0. The number of hydrogen-bond donors (Lipinski definition) is 0. The van der Waals surface area contributed by atoms with Gasteiger partial charge in [0.05, 0.1) is 23.3 Å². The van der Waals surface area contributed by atoms with E-state index in [1.807, 2.05) is 0 Å². The smallest absolute Gasteiger partial charge is 0.337 e. The number of nitrogens with zero attached hydrogens (tertiary/aromatic N) is 2. The maximum Gasteiger partial charge on any atom is 0.337 e. The van der Waals surface area contributed by atoms with E-state index in [0.717, 1.165) is 10.4 Å². The first-order chi connectivity index (χ1) is 11.7. The number of aryl methyl sites for hydroxylation is 1. The monoisotopic (exact) mass is 364 g/mol. The molecule has 0 atom stereocenters. The van der Waals surface area contributed by atoms with Crippen LogP contribution in [0.3, 0.4) is 0 Å². The number of benzene rings is 2. The van der Waals surface area contributed by atoms with Gasteiger partial charge in [-0.15, -0.1) is 0 Å². The quantitative estimate of drug-likeness (QED) is 0.458. The van der Waals surface area contributed by atoms with Gasteiger partial charge in [0.2, 0.25) is 0 Å². The fourth-order valence-electron chi connectivity index (χ4n) is 2.30. The largest absolute Gasteiger partial charge is 0.465 e. The molecule has 0 unspecified atom stereocenters. The van der Waals surface area contributed by atoms with E-state index >= 15 is 0 Å². The Morgan fingerprint density at radius 1 is 1.20 bits per heavy atom.